The van der Waals surface area contributed by atoms with Crippen molar-refractivity contribution in [2.45, 2.75) is 26.9 Å². The zero-order valence-electron chi connectivity index (χ0n) is 10.7. The first kappa shape index (κ1) is 12.6. The van der Waals surface area contributed by atoms with Crippen molar-refractivity contribution in [3.63, 3.8) is 0 Å². The molecule has 0 spiro atoms. The third-order valence-corrected chi connectivity index (χ3v) is 2.90. The number of aliphatic hydroxyl groups excluding tert-OH is 1. The molecule has 0 amide bonds. The molecule has 0 bridgehead atoms. The average molecular weight is 246 g/mol. The minimum atomic E-state index is 0.0768. The number of anilines is 1. The highest BCUT2D eigenvalue weighted by Crippen LogP contribution is 2.14. The Balaban J connectivity index is 1.95. The standard InChI is InChI=1S/C13H18N4O/c1-10-3-4-12(7-11(10)2)14-8-13-9-17(5-6-18)16-15-13/h3-4,7,9,14,18H,5-6,8H2,1-2H3. The molecule has 0 radical (unpaired) electrons. The van der Waals surface area contributed by atoms with Crippen molar-refractivity contribution in [2.24, 2.45) is 0 Å². The molecule has 0 aliphatic heterocycles. The minimum Gasteiger partial charge on any atom is -0.394 e. The number of nitrogens with zero attached hydrogens (tertiary/aromatic N) is 3. The Morgan fingerprint density at radius 2 is 2.11 bits per heavy atom. The van der Waals surface area contributed by atoms with Crippen molar-refractivity contribution < 1.29 is 5.11 Å². The van der Waals surface area contributed by atoms with Crippen molar-refractivity contribution >= 4 is 5.69 Å². The van der Waals surface area contributed by atoms with Gasteiger partial charge in [-0.15, -0.1) is 5.10 Å². The lowest BCUT2D eigenvalue weighted by atomic mass is 10.1. The van der Waals surface area contributed by atoms with Crippen LogP contribution in [0.2, 0.25) is 0 Å². The smallest absolute Gasteiger partial charge is 0.102 e. The van der Waals surface area contributed by atoms with Gasteiger partial charge < -0.3 is 10.4 Å². The second kappa shape index (κ2) is 5.64. The van der Waals surface area contributed by atoms with E-state index < -0.39 is 0 Å². The molecular formula is C13H18N4O. The predicted molar refractivity (Wildman–Crippen MR) is 70.4 cm³/mol. The highest BCUT2D eigenvalue weighted by molar-refractivity contribution is 5.48. The summed E-state index contributed by atoms with van der Waals surface area (Å²) in [6, 6.07) is 6.27. The second-order valence-corrected chi connectivity index (χ2v) is 4.35. The van der Waals surface area contributed by atoms with Gasteiger partial charge in [0.25, 0.3) is 0 Å². The molecule has 0 fully saturated rings. The molecule has 2 rings (SSSR count). The van der Waals surface area contributed by atoms with Crippen molar-refractivity contribution in [2.75, 3.05) is 11.9 Å². The Bertz CT molecular complexity index is 521. The molecule has 96 valence electrons. The molecule has 2 aromatic rings. The van der Waals surface area contributed by atoms with Crippen LogP contribution in [0.3, 0.4) is 0 Å². The first-order chi connectivity index (χ1) is 8.69. The molecule has 0 saturated heterocycles. The number of hydrogen-bond donors (Lipinski definition) is 2. The fourth-order valence-electron chi connectivity index (χ4n) is 1.68. The van der Waals surface area contributed by atoms with E-state index in [0.717, 1.165) is 11.4 Å². The summed E-state index contributed by atoms with van der Waals surface area (Å²) >= 11 is 0. The second-order valence-electron chi connectivity index (χ2n) is 4.35. The fraction of sp³-hybridized carbons (Fsp3) is 0.385. The van der Waals surface area contributed by atoms with Crippen LogP contribution in [0.4, 0.5) is 5.69 Å². The van der Waals surface area contributed by atoms with Crippen LogP contribution in [0.5, 0.6) is 0 Å². The molecule has 0 atom stereocenters. The quantitative estimate of drug-likeness (QED) is 0.839. The fourth-order valence-corrected chi connectivity index (χ4v) is 1.68. The van der Waals surface area contributed by atoms with Gasteiger partial charge in [-0.05, 0) is 37.1 Å². The maximum atomic E-state index is 8.79. The molecule has 18 heavy (non-hydrogen) atoms. The van der Waals surface area contributed by atoms with E-state index in [4.69, 9.17) is 5.11 Å². The van der Waals surface area contributed by atoms with E-state index in [9.17, 15) is 0 Å². The van der Waals surface area contributed by atoms with Gasteiger partial charge in [-0.25, -0.2) is 4.68 Å². The van der Waals surface area contributed by atoms with Crippen LogP contribution in [-0.2, 0) is 13.1 Å². The Kier molecular flexibility index (Phi) is 3.94. The first-order valence-electron chi connectivity index (χ1n) is 6.00. The van der Waals surface area contributed by atoms with Gasteiger partial charge in [0.05, 0.1) is 25.9 Å². The number of hydrogen-bond acceptors (Lipinski definition) is 4. The Labute approximate surface area is 106 Å². The number of aryl methyl sites for hydroxylation is 2. The zero-order valence-corrected chi connectivity index (χ0v) is 10.7. The van der Waals surface area contributed by atoms with Crippen LogP contribution >= 0.6 is 0 Å². The lowest BCUT2D eigenvalue weighted by Crippen LogP contribution is -2.02. The molecule has 1 aromatic carbocycles. The van der Waals surface area contributed by atoms with E-state index in [1.807, 2.05) is 6.20 Å². The SMILES string of the molecule is Cc1ccc(NCc2cn(CCO)nn2)cc1C. The van der Waals surface area contributed by atoms with Gasteiger partial charge in [0.1, 0.15) is 5.69 Å². The van der Waals surface area contributed by atoms with Crippen LogP contribution in [0.25, 0.3) is 0 Å². The molecule has 0 unspecified atom stereocenters. The van der Waals surface area contributed by atoms with Crippen LogP contribution in [0, 0.1) is 13.8 Å². The summed E-state index contributed by atoms with van der Waals surface area (Å²) in [5.74, 6) is 0. The predicted octanol–water partition coefficient (Wildman–Crippen LogP) is 1.50. The molecule has 0 aliphatic carbocycles. The van der Waals surface area contributed by atoms with E-state index in [0.29, 0.717) is 13.1 Å². The molecule has 5 nitrogen and oxygen atoms in total. The van der Waals surface area contributed by atoms with Gasteiger partial charge >= 0.3 is 0 Å². The summed E-state index contributed by atoms with van der Waals surface area (Å²) in [5.41, 5.74) is 4.50. The van der Waals surface area contributed by atoms with Crippen LogP contribution in [-0.4, -0.2) is 26.7 Å². The largest absolute Gasteiger partial charge is 0.394 e. The average Bonchev–Trinajstić information content (AvgIpc) is 2.79. The molecule has 2 N–H and O–H groups in total. The molecule has 1 aromatic heterocycles. The molecular weight excluding hydrogens is 228 g/mol. The third-order valence-electron chi connectivity index (χ3n) is 2.90. The highest BCUT2D eigenvalue weighted by Gasteiger charge is 2.01. The highest BCUT2D eigenvalue weighted by atomic mass is 16.3. The summed E-state index contributed by atoms with van der Waals surface area (Å²) in [6.45, 7) is 5.38. The Hall–Kier alpha value is -1.88. The number of aromatic nitrogens is 3. The van der Waals surface area contributed by atoms with E-state index >= 15 is 0 Å². The summed E-state index contributed by atoms with van der Waals surface area (Å²) in [6.07, 6.45) is 1.84. The van der Waals surface area contributed by atoms with Gasteiger partial charge in [-0.1, -0.05) is 11.3 Å². The van der Waals surface area contributed by atoms with Gasteiger partial charge in [0.15, 0.2) is 0 Å². The van der Waals surface area contributed by atoms with Crippen LogP contribution in [0.15, 0.2) is 24.4 Å². The maximum Gasteiger partial charge on any atom is 0.102 e. The molecule has 0 saturated carbocycles. The van der Waals surface area contributed by atoms with Crippen molar-refractivity contribution in [3.8, 4) is 0 Å². The Morgan fingerprint density at radius 1 is 1.28 bits per heavy atom. The monoisotopic (exact) mass is 246 g/mol. The van der Waals surface area contributed by atoms with Gasteiger partial charge in [0.2, 0.25) is 0 Å². The zero-order chi connectivity index (χ0) is 13.0. The summed E-state index contributed by atoms with van der Waals surface area (Å²) in [7, 11) is 0. The molecule has 1 heterocycles. The molecule has 5 heteroatoms. The molecule has 0 aliphatic rings. The van der Waals surface area contributed by atoms with E-state index in [1.54, 1.807) is 4.68 Å². The van der Waals surface area contributed by atoms with Crippen molar-refractivity contribution in [1.82, 2.24) is 15.0 Å². The van der Waals surface area contributed by atoms with E-state index in [2.05, 4.69) is 47.7 Å². The topological polar surface area (TPSA) is 63.0 Å². The van der Waals surface area contributed by atoms with E-state index in [1.165, 1.54) is 11.1 Å². The van der Waals surface area contributed by atoms with Gasteiger partial charge in [-0.2, -0.15) is 0 Å². The van der Waals surface area contributed by atoms with Gasteiger partial charge in [0, 0.05) is 5.69 Å². The van der Waals surface area contributed by atoms with Crippen LogP contribution < -0.4 is 5.32 Å². The first-order valence-corrected chi connectivity index (χ1v) is 6.00. The third kappa shape index (κ3) is 3.07. The summed E-state index contributed by atoms with van der Waals surface area (Å²) in [4.78, 5) is 0. The minimum absolute atomic E-state index is 0.0768. The normalized spacial score (nSPS) is 10.6. The number of nitrogens with one attached hydrogen (secondary N) is 1. The summed E-state index contributed by atoms with van der Waals surface area (Å²) < 4.78 is 1.64. The van der Waals surface area contributed by atoms with Crippen LogP contribution in [0.1, 0.15) is 16.8 Å². The lowest BCUT2D eigenvalue weighted by Gasteiger charge is -2.06. The van der Waals surface area contributed by atoms with Crippen molar-refractivity contribution in [3.05, 3.63) is 41.2 Å². The Morgan fingerprint density at radius 3 is 2.83 bits per heavy atom. The number of rotatable bonds is 5. The number of aliphatic hydroxyl groups is 1. The van der Waals surface area contributed by atoms with Gasteiger partial charge in [-0.3, -0.25) is 0 Å². The number of benzene rings is 1. The lowest BCUT2D eigenvalue weighted by molar-refractivity contribution is 0.268. The van der Waals surface area contributed by atoms with Crippen molar-refractivity contribution in [1.29, 1.82) is 0 Å². The summed E-state index contributed by atoms with van der Waals surface area (Å²) in [5, 5.41) is 20.0. The van der Waals surface area contributed by atoms with E-state index in [-0.39, 0.29) is 6.61 Å². The maximum absolute atomic E-state index is 8.79.